The summed E-state index contributed by atoms with van der Waals surface area (Å²) in [4.78, 5) is 20.6. The predicted molar refractivity (Wildman–Crippen MR) is 129 cm³/mol. The SMILES string of the molecule is O=C(c1ccc(-c2ccc(OCC3CCN(CC4(C(F)(F)F)CC4)CC3)nc2)cc1)N1CC[C@H](O)C1. The van der Waals surface area contributed by atoms with Gasteiger partial charge in [-0.15, -0.1) is 0 Å². The van der Waals surface area contributed by atoms with Crippen molar-refractivity contribution in [3.05, 3.63) is 48.2 Å². The molecular weight excluding hydrogens is 471 g/mol. The minimum atomic E-state index is -4.09. The van der Waals surface area contributed by atoms with E-state index in [1.165, 1.54) is 0 Å². The van der Waals surface area contributed by atoms with Crippen molar-refractivity contribution in [3.63, 3.8) is 0 Å². The van der Waals surface area contributed by atoms with Gasteiger partial charge in [0.2, 0.25) is 5.88 Å². The number of hydrogen-bond acceptors (Lipinski definition) is 5. The number of hydrogen-bond donors (Lipinski definition) is 1. The van der Waals surface area contributed by atoms with Gasteiger partial charge in [-0.1, -0.05) is 12.1 Å². The average molecular weight is 504 g/mol. The molecule has 9 heteroatoms. The van der Waals surface area contributed by atoms with Crippen molar-refractivity contribution in [1.29, 1.82) is 0 Å². The van der Waals surface area contributed by atoms with Crippen LogP contribution >= 0.6 is 0 Å². The smallest absolute Gasteiger partial charge is 0.395 e. The molecule has 2 aliphatic heterocycles. The lowest BCUT2D eigenvalue weighted by Crippen LogP contribution is -2.43. The number of nitrogens with zero attached hydrogens (tertiary/aromatic N) is 3. The van der Waals surface area contributed by atoms with Gasteiger partial charge in [-0.2, -0.15) is 13.2 Å². The van der Waals surface area contributed by atoms with Crippen LogP contribution in [0.15, 0.2) is 42.6 Å². The molecule has 1 saturated carbocycles. The first kappa shape index (κ1) is 25.0. The van der Waals surface area contributed by atoms with Crippen molar-refractivity contribution >= 4 is 5.91 Å². The number of β-amino-alcohol motifs (C(OH)–C–C–N with tert-alkyl or cyclic N) is 1. The molecule has 194 valence electrons. The molecule has 0 bridgehead atoms. The van der Waals surface area contributed by atoms with Crippen molar-refractivity contribution < 1.29 is 27.8 Å². The molecule has 3 fully saturated rings. The van der Waals surface area contributed by atoms with Gasteiger partial charge in [-0.25, -0.2) is 4.98 Å². The summed E-state index contributed by atoms with van der Waals surface area (Å²) in [6.07, 6.45) is -0.0153. The Bertz CT molecular complexity index is 1050. The van der Waals surface area contributed by atoms with E-state index in [0.29, 0.717) is 56.6 Å². The number of benzene rings is 1. The number of aliphatic hydroxyl groups excluding tert-OH is 1. The van der Waals surface area contributed by atoms with E-state index in [1.807, 2.05) is 29.2 Å². The standard InChI is InChI=1S/C27H32F3N3O3/c28-27(29,30)26(10-11-26)18-32-12-7-19(8-13-32)17-36-24-6-5-22(15-31-24)20-1-3-21(4-2-20)25(35)33-14-9-23(34)16-33/h1-6,15,19,23,34H,7-14,16-18H2/t23-/m0/s1. The van der Waals surface area contributed by atoms with Crippen LogP contribution in [0.5, 0.6) is 5.88 Å². The van der Waals surface area contributed by atoms with Gasteiger partial charge in [0.15, 0.2) is 0 Å². The van der Waals surface area contributed by atoms with Gasteiger partial charge in [-0.05, 0) is 74.9 Å². The number of amides is 1. The van der Waals surface area contributed by atoms with Crippen molar-refractivity contribution in [2.45, 2.75) is 44.4 Å². The lowest BCUT2D eigenvalue weighted by atomic mass is 9.96. The lowest BCUT2D eigenvalue weighted by molar-refractivity contribution is -0.192. The summed E-state index contributed by atoms with van der Waals surface area (Å²) in [5, 5.41) is 9.65. The summed E-state index contributed by atoms with van der Waals surface area (Å²) in [5.74, 6) is 0.762. The summed E-state index contributed by atoms with van der Waals surface area (Å²) < 4.78 is 45.5. The van der Waals surface area contributed by atoms with E-state index < -0.39 is 17.7 Å². The van der Waals surface area contributed by atoms with E-state index in [1.54, 1.807) is 23.2 Å². The zero-order valence-corrected chi connectivity index (χ0v) is 20.2. The number of halogens is 3. The van der Waals surface area contributed by atoms with Crippen LogP contribution in [0.1, 0.15) is 42.5 Å². The third kappa shape index (κ3) is 5.52. The van der Waals surface area contributed by atoms with Gasteiger partial charge in [0.1, 0.15) is 0 Å². The number of ether oxygens (including phenoxy) is 1. The number of carbonyl (C=O) groups excluding carboxylic acids is 1. The van der Waals surface area contributed by atoms with Crippen molar-refractivity contribution in [2.75, 3.05) is 39.3 Å². The monoisotopic (exact) mass is 503 g/mol. The Labute approximate surface area is 209 Å². The molecule has 2 saturated heterocycles. The molecule has 2 aromatic rings. The van der Waals surface area contributed by atoms with Gasteiger partial charge in [-0.3, -0.25) is 4.79 Å². The maximum atomic E-state index is 13.2. The molecule has 3 aliphatic rings. The fourth-order valence-electron chi connectivity index (χ4n) is 5.18. The molecule has 0 spiro atoms. The Balaban J connectivity index is 1.08. The van der Waals surface area contributed by atoms with Crippen LogP contribution in [0, 0.1) is 11.3 Å². The number of likely N-dealkylation sites (tertiary alicyclic amines) is 2. The largest absolute Gasteiger partial charge is 0.477 e. The Morgan fingerprint density at radius 2 is 1.72 bits per heavy atom. The molecule has 0 radical (unpaired) electrons. The minimum Gasteiger partial charge on any atom is -0.477 e. The molecule has 3 heterocycles. The molecular formula is C27H32F3N3O3. The molecule has 1 amide bonds. The second kappa shape index (κ2) is 10.0. The summed E-state index contributed by atoms with van der Waals surface area (Å²) in [7, 11) is 0. The van der Waals surface area contributed by atoms with Gasteiger partial charge in [0.25, 0.3) is 5.91 Å². The van der Waals surface area contributed by atoms with Crippen LogP contribution < -0.4 is 4.74 Å². The van der Waals surface area contributed by atoms with E-state index in [-0.39, 0.29) is 25.3 Å². The van der Waals surface area contributed by atoms with Gasteiger partial charge < -0.3 is 19.6 Å². The quantitative estimate of drug-likeness (QED) is 0.607. The Hall–Kier alpha value is -2.65. The molecule has 1 aliphatic carbocycles. The van der Waals surface area contributed by atoms with E-state index in [9.17, 15) is 23.1 Å². The molecule has 1 aromatic carbocycles. The first-order valence-electron chi connectivity index (χ1n) is 12.7. The number of pyridine rings is 1. The van der Waals surface area contributed by atoms with Crippen molar-refractivity contribution in [1.82, 2.24) is 14.8 Å². The molecule has 1 N–H and O–H groups in total. The molecule has 0 unspecified atom stereocenters. The van der Waals surface area contributed by atoms with Crippen LogP contribution in [0.4, 0.5) is 13.2 Å². The van der Waals surface area contributed by atoms with Crippen LogP contribution in [-0.2, 0) is 0 Å². The number of carbonyl (C=O) groups is 1. The van der Waals surface area contributed by atoms with Crippen LogP contribution in [-0.4, -0.2) is 77.4 Å². The Morgan fingerprint density at radius 1 is 1.03 bits per heavy atom. The lowest BCUT2D eigenvalue weighted by Gasteiger charge is -2.34. The number of alkyl halides is 3. The highest BCUT2D eigenvalue weighted by Crippen LogP contribution is 2.58. The average Bonchev–Trinajstić information content (AvgIpc) is 3.55. The van der Waals surface area contributed by atoms with Crippen molar-refractivity contribution in [2.24, 2.45) is 11.3 Å². The van der Waals surface area contributed by atoms with Crippen LogP contribution in [0.3, 0.4) is 0 Å². The van der Waals surface area contributed by atoms with Crippen LogP contribution in [0.2, 0.25) is 0 Å². The maximum absolute atomic E-state index is 13.2. The van der Waals surface area contributed by atoms with E-state index in [4.69, 9.17) is 4.74 Å². The zero-order valence-electron chi connectivity index (χ0n) is 20.2. The molecule has 5 rings (SSSR count). The van der Waals surface area contributed by atoms with E-state index >= 15 is 0 Å². The normalized spacial score (nSPS) is 22.6. The summed E-state index contributed by atoms with van der Waals surface area (Å²) >= 11 is 0. The van der Waals surface area contributed by atoms with E-state index in [0.717, 1.165) is 24.0 Å². The molecule has 1 atom stereocenters. The van der Waals surface area contributed by atoms with Gasteiger partial charge in [0.05, 0.1) is 18.1 Å². The molecule has 6 nitrogen and oxygen atoms in total. The molecule has 1 aromatic heterocycles. The maximum Gasteiger partial charge on any atom is 0.395 e. The van der Waals surface area contributed by atoms with Crippen LogP contribution in [0.25, 0.3) is 11.1 Å². The van der Waals surface area contributed by atoms with Gasteiger partial charge >= 0.3 is 6.18 Å². The Morgan fingerprint density at radius 3 is 2.28 bits per heavy atom. The summed E-state index contributed by atoms with van der Waals surface area (Å²) in [5.41, 5.74) is 0.976. The Kier molecular flexibility index (Phi) is 6.96. The topological polar surface area (TPSA) is 65.9 Å². The highest BCUT2D eigenvalue weighted by molar-refractivity contribution is 5.94. The number of rotatable bonds is 7. The highest BCUT2D eigenvalue weighted by atomic mass is 19.4. The second-order valence-electron chi connectivity index (χ2n) is 10.5. The third-order valence-electron chi connectivity index (χ3n) is 7.81. The summed E-state index contributed by atoms with van der Waals surface area (Å²) in [6.45, 7) is 2.94. The first-order chi connectivity index (χ1) is 17.2. The summed E-state index contributed by atoms with van der Waals surface area (Å²) in [6, 6.07) is 11.1. The number of piperidine rings is 1. The number of aromatic nitrogens is 1. The number of aliphatic hydroxyl groups is 1. The predicted octanol–water partition coefficient (Wildman–Crippen LogP) is 4.39. The third-order valence-corrected chi connectivity index (χ3v) is 7.81. The highest BCUT2D eigenvalue weighted by Gasteiger charge is 2.63. The van der Waals surface area contributed by atoms with Crippen molar-refractivity contribution in [3.8, 4) is 17.0 Å². The minimum absolute atomic E-state index is 0.0711. The second-order valence-corrected chi connectivity index (χ2v) is 10.5. The molecule has 36 heavy (non-hydrogen) atoms. The first-order valence-corrected chi connectivity index (χ1v) is 12.7. The fraction of sp³-hybridized carbons (Fsp3) is 0.556. The zero-order chi connectivity index (χ0) is 25.3. The van der Waals surface area contributed by atoms with E-state index in [2.05, 4.69) is 4.98 Å². The van der Waals surface area contributed by atoms with Gasteiger partial charge in [0, 0.05) is 43.0 Å². The fourth-order valence-corrected chi connectivity index (χ4v) is 5.18.